The summed E-state index contributed by atoms with van der Waals surface area (Å²) in [6.45, 7) is 2.79. The van der Waals surface area contributed by atoms with Crippen LogP contribution in [-0.4, -0.2) is 29.3 Å². The van der Waals surface area contributed by atoms with E-state index in [4.69, 9.17) is 0 Å². The molecule has 6 rings (SSSR count). The zero-order chi connectivity index (χ0) is 18.6. The molecule has 2 amide bonds. The maximum atomic E-state index is 13.7. The van der Waals surface area contributed by atoms with E-state index in [1.165, 1.54) is 24.1 Å². The minimum absolute atomic E-state index is 0.00889. The van der Waals surface area contributed by atoms with E-state index < -0.39 is 0 Å². The fourth-order valence-corrected chi connectivity index (χ4v) is 7.61. The Morgan fingerprint density at radius 3 is 2.44 bits per heavy atom. The van der Waals surface area contributed by atoms with Crippen LogP contribution in [0, 0.1) is 23.2 Å². The van der Waals surface area contributed by atoms with Gasteiger partial charge in [-0.1, -0.05) is 6.07 Å². The molecule has 1 N–H and O–H groups in total. The second kappa shape index (κ2) is 6.61. The normalized spacial score (nSPS) is 38.2. The van der Waals surface area contributed by atoms with Gasteiger partial charge in [0.2, 0.25) is 11.8 Å². The van der Waals surface area contributed by atoms with Crippen molar-refractivity contribution in [2.24, 2.45) is 23.2 Å². The second-order valence-electron chi connectivity index (χ2n) is 9.60. The van der Waals surface area contributed by atoms with Gasteiger partial charge in [-0.05, 0) is 87.5 Å². The average Bonchev–Trinajstić information content (AvgIpc) is 3.31. The van der Waals surface area contributed by atoms with Crippen molar-refractivity contribution in [1.82, 2.24) is 10.2 Å². The monoisotopic (exact) mass is 386 g/mol. The fourth-order valence-electron chi connectivity index (χ4n) is 6.88. The largest absolute Gasteiger partial charge is 0.347 e. The first-order chi connectivity index (χ1) is 13.0. The molecule has 27 heavy (non-hydrogen) atoms. The number of nitrogens with zero attached hydrogens (tertiary/aromatic N) is 1. The molecular formula is C22H30N2O2S. The summed E-state index contributed by atoms with van der Waals surface area (Å²) in [6.07, 6.45) is 9.01. The molecular weight excluding hydrogens is 356 g/mol. The van der Waals surface area contributed by atoms with Gasteiger partial charge in [0.25, 0.3) is 0 Å². The molecule has 5 fully saturated rings. The van der Waals surface area contributed by atoms with Gasteiger partial charge >= 0.3 is 0 Å². The van der Waals surface area contributed by atoms with E-state index in [1.54, 1.807) is 11.3 Å². The quantitative estimate of drug-likeness (QED) is 0.846. The third-order valence-electron chi connectivity index (χ3n) is 7.64. The number of carbonyl (C=O) groups is 2. The van der Waals surface area contributed by atoms with E-state index in [9.17, 15) is 9.59 Å². The number of carbonyl (C=O) groups excluding carboxylic acids is 2. The lowest BCUT2D eigenvalue weighted by Gasteiger charge is -2.56. The summed E-state index contributed by atoms with van der Waals surface area (Å²) in [5.41, 5.74) is -0.142. The van der Waals surface area contributed by atoms with E-state index in [1.807, 2.05) is 23.3 Å². The lowest BCUT2D eigenvalue weighted by Crippen LogP contribution is -2.57. The van der Waals surface area contributed by atoms with Crippen LogP contribution < -0.4 is 5.32 Å². The van der Waals surface area contributed by atoms with Gasteiger partial charge in [0.1, 0.15) is 6.04 Å². The molecule has 1 aliphatic heterocycles. The van der Waals surface area contributed by atoms with Crippen LogP contribution in [0.3, 0.4) is 0 Å². The van der Waals surface area contributed by atoms with Crippen LogP contribution >= 0.6 is 11.3 Å². The molecule has 1 aromatic heterocycles. The molecule has 5 aliphatic rings. The standard InChI is InChI=1S/C22H30N2O2S/c1-14(19-5-3-7-27-19)23-20(25)18-4-2-6-24(18)21(26)22-11-15-8-16(12-22)10-17(9-15)13-22/h3,5,7,14-18H,2,4,6,8-13H2,1H3,(H,23,25)/t14-,15?,16?,17?,18+,22?/m1/s1. The third-order valence-corrected chi connectivity index (χ3v) is 8.69. The van der Waals surface area contributed by atoms with Crippen LogP contribution in [-0.2, 0) is 9.59 Å². The van der Waals surface area contributed by atoms with Crippen molar-refractivity contribution in [3.05, 3.63) is 22.4 Å². The number of thiophene rings is 1. The first-order valence-corrected chi connectivity index (χ1v) is 11.6. The van der Waals surface area contributed by atoms with Crippen molar-refractivity contribution in [3.8, 4) is 0 Å². The van der Waals surface area contributed by atoms with Gasteiger partial charge in [0.05, 0.1) is 11.5 Å². The van der Waals surface area contributed by atoms with Crippen LogP contribution in [0.2, 0.25) is 0 Å². The van der Waals surface area contributed by atoms with E-state index in [0.717, 1.165) is 56.4 Å². The maximum absolute atomic E-state index is 13.7. The van der Waals surface area contributed by atoms with E-state index in [2.05, 4.69) is 11.4 Å². The summed E-state index contributed by atoms with van der Waals surface area (Å²) in [5.74, 6) is 2.62. The molecule has 4 aliphatic carbocycles. The second-order valence-corrected chi connectivity index (χ2v) is 10.6. The molecule has 2 atom stereocenters. The summed E-state index contributed by atoms with van der Waals surface area (Å²) in [5, 5.41) is 5.20. The van der Waals surface area contributed by atoms with Crippen molar-refractivity contribution in [2.45, 2.75) is 70.4 Å². The molecule has 4 nitrogen and oxygen atoms in total. The van der Waals surface area contributed by atoms with Gasteiger partial charge in [-0.25, -0.2) is 0 Å². The summed E-state index contributed by atoms with van der Waals surface area (Å²) in [6, 6.07) is 3.81. The van der Waals surface area contributed by atoms with Crippen LogP contribution in [0.15, 0.2) is 17.5 Å². The zero-order valence-electron chi connectivity index (χ0n) is 16.2. The smallest absolute Gasteiger partial charge is 0.243 e. The highest BCUT2D eigenvalue weighted by Gasteiger charge is 2.56. The van der Waals surface area contributed by atoms with Gasteiger partial charge in [-0.15, -0.1) is 11.3 Å². The van der Waals surface area contributed by atoms with E-state index in [0.29, 0.717) is 5.91 Å². The fraction of sp³-hybridized carbons (Fsp3) is 0.727. The Kier molecular flexibility index (Phi) is 4.34. The van der Waals surface area contributed by atoms with Gasteiger partial charge in [0.15, 0.2) is 0 Å². The summed E-state index contributed by atoms with van der Waals surface area (Å²) >= 11 is 1.67. The summed E-state index contributed by atoms with van der Waals surface area (Å²) in [4.78, 5) is 29.8. The van der Waals surface area contributed by atoms with Gasteiger partial charge in [0, 0.05) is 11.4 Å². The Labute approximate surface area is 165 Å². The number of hydrogen-bond acceptors (Lipinski definition) is 3. The molecule has 5 heteroatoms. The molecule has 0 aromatic carbocycles. The topological polar surface area (TPSA) is 49.4 Å². The zero-order valence-corrected chi connectivity index (χ0v) is 17.0. The van der Waals surface area contributed by atoms with Crippen molar-refractivity contribution < 1.29 is 9.59 Å². The predicted octanol–water partition coefficient (Wildman–Crippen LogP) is 4.13. The third kappa shape index (κ3) is 3.02. The molecule has 4 bridgehead atoms. The molecule has 146 valence electrons. The Balaban J connectivity index is 1.31. The van der Waals surface area contributed by atoms with Gasteiger partial charge in [-0.3, -0.25) is 9.59 Å². The molecule has 4 saturated carbocycles. The van der Waals surface area contributed by atoms with E-state index in [-0.39, 0.29) is 23.4 Å². The van der Waals surface area contributed by atoms with Crippen LogP contribution in [0.4, 0.5) is 0 Å². The Morgan fingerprint density at radius 2 is 1.85 bits per heavy atom. The van der Waals surface area contributed by atoms with Crippen molar-refractivity contribution in [1.29, 1.82) is 0 Å². The molecule has 0 unspecified atom stereocenters. The number of nitrogens with one attached hydrogen (secondary N) is 1. The first kappa shape index (κ1) is 17.7. The minimum atomic E-state index is -0.270. The number of hydrogen-bond donors (Lipinski definition) is 1. The number of rotatable bonds is 4. The Morgan fingerprint density at radius 1 is 1.19 bits per heavy atom. The molecule has 0 radical (unpaired) electrons. The first-order valence-electron chi connectivity index (χ1n) is 10.7. The van der Waals surface area contributed by atoms with Crippen molar-refractivity contribution >= 4 is 23.2 Å². The molecule has 1 aromatic rings. The van der Waals surface area contributed by atoms with Crippen LogP contribution in [0.1, 0.15) is 69.2 Å². The maximum Gasteiger partial charge on any atom is 0.243 e. The highest BCUT2D eigenvalue weighted by molar-refractivity contribution is 7.10. The highest BCUT2D eigenvalue weighted by atomic mass is 32.1. The van der Waals surface area contributed by atoms with E-state index >= 15 is 0 Å². The molecule has 1 saturated heterocycles. The molecule has 2 heterocycles. The number of likely N-dealkylation sites (tertiary alicyclic amines) is 1. The van der Waals surface area contributed by atoms with Crippen molar-refractivity contribution in [2.75, 3.05) is 6.54 Å². The lowest BCUT2D eigenvalue weighted by molar-refractivity contribution is -0.160. The predicted molar refractivity (Wildman–Crippen MR) is 106 cm³/mol. The van der Waals surface area contributed by atoms with Gasteiger partial charge in [-0.2, -0.15) is 0 Å². The van der Waals surface area contributed by atoms with Gasteiger partial charge < -0.3 is 10.2 Å². The SMILES string of the molecule is C[C@@H](NC(=O)[C@@H]1CCCN1C(=O)C12CC3CC(CC(C3)C1)C2)c1cccs1. The molecule has 0 spiro atoms. The summed E-state index contributed by atoms with van der Waals surface area (Å²) < 4.78 is 0. The summed E-state index contributed by atoms with van der Waals surface area (Å²) in [7, 11) is 0. The van der Waals surface area contributed by atoms with Crippen molar-refractivity contribution in [3.63, 3.8) is 0 Å². The average molecular weight is 387 g/mol. The highest BCUT2D eigenvalue weighted by Crippen LogP contribution is 2.60. The van der Waals surface area contributed by atoms with Crippen LogP contribution in [0.5, 0.6) is 0 Å². The Bertz CT molecular complexity index is 693. The van der Waals surface area contributed by atoms with Crippen LogP contribution in [0.25, 0.3) is 0 Å². The number of amides is 2. The lowest BCUT2D eigenvalue weighted by atomic mass is 9.49. The minimum Gasteiger partial charge on any atom is -0.347 e. The Hall–Kier alpha value is -1.36.